The zero-order valence-corrected chi connectivity index (χ0v) is 12.7. The number of benzene rings is 1. The van der Waals surface area contributed by atoms with Crippen LogP contribution < -0.4 is 15.2 Å². The Morgan fingerprint density at radius 2 is 1.82 bits per heavy atom. The van der Waals surface area contributed by atoms with Crippen molar-refractivity contribution in [3.8, 4) is 0 Å². The zero-order valence-electron chi connectivity index (χ0n) is 12.7. The Labute approximate surface area is 131 Å². The summed E-state index contributed by atoms with van der Waals surface area (Å²) < 4.78 is 0. The van der Waals surface area contributed by atoms with Crippen LogP contribution in [0.25, 0.3) is 0 Å². The first-order chi connectivity index (χ1) is 10.8. The SMILES string of the molecule is O=C(NCc1ccccc1)c1ccc(N2CCCCC2)[nH+]c1. The van der Waals surface area contributed by atoms with E-state index in [-0.39, 0.29) is 5.91 Å². The molecule has 1 fully saturated rings. The summed E-state index contributed by atoms with van der Waals surface area (Å²) in [5.74, 6) is 1.05. The Kier molecular flexibility index (Phi) is 4.68. The molecule has 0 bridgehead atoms. The molecule has 2 heterocycles. The predicted molar refractivity (Wildman–Crippen MR) is 86.7 cm³/mol. The van der Waals surface area contributed by atoms with Gasteiger partial charge in [-0.15, -0.1) is 0 Å². The van der Waals surface area contributed by atoms with Gasteiger partial charge in [-0.1, -0.05) is 30.3 Å². The molecule has 0 spiro atoms. The van der Waals surface area contributed by atoms with E-state index in [9.17, 15) is 4.79 Å². The van der Waals surface area contributed by atoms with Gasteiger partial charge in [0.1, 0.15) is 6.20 Å². The van der Waals surface area contributed by atoms with Crippen molar-refractivity contribution in [2.45, 2.75) is 25.8 Å². The Bertz CT molecular complexity index is 604. The van der Waals surface area contributed by atoms with Gasteiger partial charge in [0.2, 0.25) is 0 Å². The maximum atomic E-state index is 12.2. The Morgan fingerprint density at radius 1 is 1.05 bits per heavy atom. The van der Waals surface area contributed by atoms with Gasteiger partial charge in [0, 0.05) is 12.6 Å². The lowest BCUT2D eigenvalue weighted by Crippen LogP contribution is -2.34. The number of H-pyrrole nitrogens is 1. The molecular weight excluding hydrogens is 274 g/mol. The number of piperidine rings is 1. The molecule has 3 rings (SSSR count). The van der Waals surface area contributed by atoms with Crippen LogP contribution in [0.5, 0.6) is 0 Å². The van der Waals surface area contributed by atoms with Crippen LogP contribution in [-0.4, -0.2) is 19.0 Å². The van der Waals surface area contributed by atoms with Crippen molar-refractivity contribution in [1.29, 1.82) is 0 Å². The van der Waals surface area contributed by atoms with Crippen molar-refractivity contribution in [2.75, 3.05) is 18.0 Å². The van der Waals surface area contributed by atoms with E-state index in [1.165, 1.54) is 19.3 Å². The summed E-state index contributed by atoms with van der Waals surface area (Å²) in [7, 11) is 0. The molecule has 1 aromatic heterocycles. The topological polar surface area (TPSA) is 46.5 Å². The number of anilines is 1. The predicted octanol–water partition coefficient (Wildman–Crippen LogP) is 2.42. The summed E-state index contributed by atoms with van der Waals surface area (Å²) in [6.45, 7) is 2.74. The van der Waals surface area contributed by atoms with Crippen molar-refractivity contribution in [3.63, 3.8) is 0 Å². The van der Waals surface area contributed by atoms with E-state index in [4.69, 9.17) is 0 Å². The van der Waals surface area contributed by atoms with Crippen molar-refractivity contribution >= 4 is 11.7 Å². The highest BCUT2D eigenvalue weighted by molar-refractivity contribution is 5.93. The van der Waals surface area contributed by atoms with Crippen LogP contribution in [0.15, 0.2) is 48.7 Å². The molecular formula is C18H22N3O+. The summed E-state index contributed by atoms with van der Waals surface area (Å²) in [4.78, 5) is 17.8. The first-order valence-corrected chi connectivity index (χ1v) is 7.92. The molecule has 1 aromatic carbocycles. The molecule has 0 radical (unpaired) electrons. The van der Waals surface area contributed by atoms with Gasteiger partial charge in [-0.25, -0.2) is 4.98 Å². The number of nitrogens with one attached hydrogen (secondary N) is 2. The van der Waals surface area contributed by atoms with Crippen LogP contribution in [0.4, 0.5) is 5.82 Å². The van der Waals surface area contributed by atoms with E-state index >= 15 is 0 Å². The van der Waals surface area contributed by atoms with Gasteiger partial charge in [-0.2, -0.15) is 0 Å². The van der Waals surface area contributed by atoms with Gasteiger partial charge < -0.3 is 5.32 Å². The van der Waals surface area contributed by atoms with Gasteiger partial charge in [0.25, 0.3) is 11.7 Å². The van der Waals surface area contributed by atoms with Crippen LogP contribution in [0.3, 0.4) is 0 Å². The van der Waals surface area contributed by atoms with Crippen LogP contribution >= 0.6 is 0 Å². The average Bonchev–Trinajstić information content (AvgIpc) is 2.61. The molecule has 0 unspecified atom stereocenters. The summed E-state index contributed by atoms with van der Waals surface area (Å²) in [5, 5.41) is 2.94. The number of hydrogen-bond acceptors (Lipinski definition) is 2. The zero-order chi connectivity index (χ0) is 15.2. The van der Waals surface area contributed by atoms with Gasteiger partial charge in [0.05, 0.1) is 18.7 Å². The first kappa shape index (κ1) is 14.6. The molecule has 1 amide bonds. The number of nitrogens with zero attached hydrogens (tertiary/aromatic N) is 1. The summed E-state index contributed by atoms with van der Waals surface area (Å²) in [6.07, 6.45) is 5.60. The highest BCUT2D eigenvalue weighted by Gasteiger charge is 2.19. The number of aromatic amines is 1. The molecule has 4 heteroatoms. The first-order valence-electron chi connectivity index (χ1n) is 7.92. The molecule has 22 heavy (non-hydrogen) atoms. The molecule has 2 N–H and O–H groups in total. The molecule has 4 nitrogen and oxygen atoms in total. The fourth-order valence-electron chi connectivity index (χ4n) is 2.77. The Hall–Kier alpha value is -2.36. The van der Waals surface area contributed by atoms with Gasteiger partial charge in [-0.05, 0) is 30.9 Å². The summed E-state index contributed by atoms with van der Waals surface area (Å²) in [5.41, 5.74) is 1.77. The van der Waals surface area contributed by atoms with E-state index in [0.29, 0.717) is 12.1 Å². The molecule has 1 aliphatic rings. The molecule has 0 saturated carbocycles. The number of hydrogen-bond donors (Lipinski definition) is 1. The van der Waals surface area contributed by atoms with Crippen LogP contribution in [-0.2, 0) is 6.54 Å². The van der Waals surface area contributed by atoms with Crippen LogP contribution in [0, 0.1) is 0 Å². The minimum absolute atomic E-state index is 0.0507. The minimum Gasteiger partial charge on any atom is -0.348 e. The molecule has 1 aliphatic heterocycles. The highest BCUT2D eigenvalue weighted by Crippen LogP contribution is 2.15. The summed E-state index contributed by atoms with van der Waals surface area (Å²) >= 11 is 0. The van der Waals surface area contributed by atoms with E-state index < -0.39 is 0 Å². The van der Waals surface area contributed by atoms with Crippen molar-refractivity contribution in [3.05, 3.63) is 59.8 Å². The number of carbonyl (C=O) groups is 1. The fourth-order valence-corrected chi connectivity index (χ4v) is 2.77. The number of rotatable bonds is 4. The number of amides is 1. The second kappa shape index (κ2) is 7.07. The summed E-state index contributed by atoms with van der Waals surface area (Å²) in [6, 6.07) is 13.8. The van der Waals surface area contributed by atoms with Gasteiger partial charge in [0.15, 0.2) is 0 Å². The second-order valence-corrected chi connectivity index (χ2v) is 5.68. The Morgan fingerprint density at radius 3 is 2.50 bits per heavy atom. The maximum Gasteiger partial charge on any atom is 0.274 e. The molecule has 2 aromatic rings. The lowest BCUT2D eigenvalue weighted by atomic mass is 10.1. The van der Waals surface area contributed by atoms with Crippen molar-refractivity contribution < 1.29 is 9.78 Å². The van der Waals surface area contributed by atoms with E-state index in [0.717, 1.165) is 24.5 Å². The van der Waals surface area contributed by atoms with Crippen molar-refractivity contribution in [1.82, 2.24) is 5.32 Å². The standard InChI is InChI=1S/C18H21N3O/c22-18(20-13-15-7-3-1-4-8-15)16-9-10-17(19-14-16)21-11-5-2-6-12-21/h1,3-4,7-10,14H,2,5-6,11-13H2,(H,20,22)/p+1. The van der Waals surface area contributed by atoms with Crippen LogP contribution in [0.2, 0.25) is 0 Å². The number of aromatic nitrogens is 1. The lowest BCUT2D eigenvalue weighted by Gasteiger charge is -2.20. The van der Waals surface area contributed by atoms with E-state index in [1.807, 2.05) is 42.5 Å². The van der Waals surface area contributed by atoms with Gasteiger partial charge >= 0.3 is 0 Å². The number of pyridine rings is 1. The normalized spacial score (nSPS) is 14.6. The largest absolute Gasteiger partial charge is 0.348 e. The quantitative estimate of drug-likeness (QED) is 0.942. The van der Waals surface area contributed by atoms with Gasteiger partial charge in [-0.3, -0.25) is 9.69 Å². The number of carbonyl (C=O) groups excluding carboxylic acids is 1. The third-order valence-electron chi connectivity index (χ3n) is 4.05. The molecule has 114 valence electrons. The van der Waals surface area contributed by atoms with E-state index in [2.05, 4.69) is 15.2 Å². The minimum atomic E-state index is -0.0507. The van der Waals surface area contributed by atoms with E-state index in [1.54, 1.807) is 6.20 Å². The molecule has 0 atom stereocenters. The fraction of sp³-hybridized carbons (Fsp3) is 0.333. The van der Waals surface area contributed by atoms with Crippen LogP contribution in [0.1, 0.15) is 35.2 Å². The average molecular weight is 296 g/mol. The third kappa shape index (κ3) is 3.64. The smallest absolute Gasteiger partial charge is 0.274 e. The lowest BCUT2D eigenvalue weighted by molar-refractivity contribution is -0.364. The Balaban J connectivity index is 1.58. The molecule has 0 aliphatic carbocycles. The third-order valence-corrected chi connectivity index (χ3v) is 4.05. The maximum absolute atomic E-state index is 12.2. The van der Waals surface area contributed by atoms with Crippen molar-refractivity contribution in [2.24, 2.45) is 0 Å². The highest BCUT2D eigenvalue weighted by atomic mass is 16.1. The second-order valence-electron chi connectivity index (χ2n) is 5.68. The monoisotopic (exact) mass is 296 g/mol. The molecule has 1 saturated heterocycles.